The van der Waals surface area contributed by atoms with Crippen LogP contribution in [0.1, 0.15) is 38.7 Å². The van der Waals surface area contributed by atoms with Crippen molar-refractivity contribution in [1.29, 1.82) is 0 Å². The molecule has 1 fully saturated rings. The van der Waals surface area contributed by atoms with Crippen molar-refractivity contribution in [3.05, 3.63) is 34.1 Å². The molecular weight excluding hydrogens is 293 g/mol. The topological polar surface area (TPSA) is 12.0 Å². The maximum atomic E-state index is 13.6. The molecule has 0 amide bonds. The molecule has 2 rings (SSSR count). The van der Waals surface area contributed by atoms with Crippen LogP contribution in [-0.2, 0) is 6.54 Å². The molecule has 18 heavy (non-hydrogen) atoms. The number of rotatable bonds is 3. The van der Waals surface area contributed by atoms with E-state index in [1.807, 2.05) is 6.07 Å². The minimum Gasteiger partial charge on any atom is -0.310 e. The fraction of sp³-hybridized carbons (Fsp3) is 0.600. The van der Waals surface area contributed by atoms with E-state index in [1.54, 1.807) is 6.07 Å². The summed E-state index contributed by atoms with van der Waals surface area (Å²) in [5.41, 5.74) is 0.745. The summed E-state index contributed by atoms with van der Waals surface area (Å²) in [4.78, 5) is 0. The third-order valence-corrected chi connectivity index (χ3v) is 4.76. The molecule has 0 aromatic heterocycles. The van der Waals surface area contributed by atoms with E-state index in [0.29, 0.717) is 18.5 Å². The van der Waals surface area contributed by atoms with E-state index in [2.05, 4.69) is 35.1 Å². The van der Waals surface area contributed by atoms with Gasteiger partial charge in [-0.05, 0) is 36.5 Å². The SMILES string of the molecule is CC1CCCC(NCc2cc(Br)ccc2F)C1C. The molecule has 3 heteroatoms. The Labute approximate surface area is 117 Å². The highest BCUT2D eigenvalue weighted by molar-refractivity contribution is 9.10. The molecule has 0 saturated heterocycles. The van der Waals surface area contributed by atoms with Crippen LogP contribution in [0.15, 0.2) is 22.7 Å². The first-order valence-corrected chi connectivity index (χ1v) is 7.54. The average molecular weight is 314 g/mol. The van der Waals surface area contributed by atoms with E-state index in [0.717, 1.165) is 16.0 Å². The Hall–Kier alpha value is -0.410. The third-order valence-electron chi connectivity index (χ3n) is 4.27. The van der Waals surface area contributed by atoms with Gasteiger partial charge in [0.05, 0.1) is 0 Å². The van der Waals surface area contributed by atoms with Gasteiger partial charge in [0.2, 0.25) is 0 Å². The molecule has 0 bridgehead atoms. The predicted molar refractivity (Wildman–Crippen MR) is 76.9 cm³/mol. The first kappa shape index (κ1) is 14.0. The molecule has 3 atom stereocenters. The van der Waals surface area contributed by atoms with Crippen molar-refractivity contribution in [3.8, 4) is 0 Å². The molecule has 1 saturated carbocycles. The van der Waals surface area contributed by atoms with Gasteiger partial charge in [0, 0.05) is 22.6 Å². The molecule has 100 valence electrons. The fourth-order valence-corrected chi connectivity index (χ4v) is 3.20. The number of halogens is 2. The van der Waals surface area contributed by atoms with Gasteiger partial charge in [-0.15, -0.1) is 0 Å². The summed E-state index contributed by atoms with van der Waals surface area (Å²) in [5, 5.41) is 3.53. The summed E-state index contributed by atoms with van der Waals surface area (Å²) in [5.74, 6) is 1.32. The van der Waals surface area contributed by atoms with Crippen molar-refractivity contribution >= 4 is 15.9 Å². The lowest BCUT2D eigenvalue weighted by atomic mass is 9.78. The highest BCUT2D eigenvalue weighted by atomic mass is 79.9. The van der Waals surface area contributed by atoms with Crippen molar-refractivity contribution in [2.24, 2.45) is 11.8 Å². The molecule has 0 heterocycles. The molecule has 0 aliphatic heterocycles. The molecule has 1 aromatic rings. The summed E-state index contributed by atoms with van der Waals surface area (Å²) in [6.45, 7) is 5.24. The Bertz CT molecular complexity index is 407. The number of nitrogens with one attached hydrogen (secondary N) is 1. The Morgan fingerprint density at radius 3 is 2.89 bits per heavy atom. The lowest BCUT2D eigenvalue weighted by Gasteiger charge is -2.34. The number of hydrogen-bond donors (Lipinski definition) is 1. The fourth-order valence-electron chi connectivity index (χ4n) is 2.79. The maximum absolute atomic E-state index is 13.6. The van der Waals surface area contributed by atoms with E-state index in [9.17, 15) is 4.39 Å². The zero-order valence-corrected chi connectivity index (χ0v) is 12.6. The van der Waals surface area contributed by atoms with Crippen LogP contribution in [0.2, 0.25) is 0 Å². The summed E-state index contributed by atoms with van der Waals surface area (Å²) in [7, 11) is 0. The van der Waals surface area contributed by atoms with Gasteiger partial charge in [0.1, 0.15) is 5.82 Å². The molecule has 1 N–H and O–H groups in total. The van der Waals surface area contributed by atoms with Gasteiger partial charge in [0.25, 0.3) is 0 Å². The van der Waals surface area contributed by atoms with Gasteiger partial charge in [-0.3, -0.25) is 0 Å². The molecule has 0 spiro atoms. The largest absolute Gasteiger partial charge is 0.310 e. The first-order valence-electron chi connectivity index (χ1n) is 6.75. The molecule has 3 unspecified atom stereocenters. The number of hydrogen-bond acceptors (Lipinski definition) is 1. The second-order valence-electron chi connectivity index (χ2n) is 5.49. The van der Waals surface area contributed by atoms with Gasteiger partial charge in [-0.25, -0.2) is 4.39 Å². The highest BCUT2D eigenvalue weighted by Gasteiger charge is 2.26. The van der Waals surface area contributed by atoms with Crippen molar-refractivity contribution in [2.45, 2.75) is 45.7 Å². The second kappa shape index (κ2) is 6.16. The van der Waals surface area contributed by atoms with Crippen LogP contribution in [0.5, 0.6) is 0 Å². The van der Waals surface area contributed by atoms with Crippen molar-refractivity contribution < 1.29 is 4.39 Å². The van der Waals surface area contributed by atoms with Crippen LogP contribution >= 0.6 is 15.9 Å². The zero-order valence-electron chi connectivity index (χ0n) is 11.0. The summed E-state index contributed by atoms with van der Waals surface area (Å²) in [6.07, 6.45) is 3.82. The molecule has 1 aromatic carbocycles. The average Bonchev–Trinajstić information content (AvgIpc) is 2.35. The third kappa shape index (κ3) is 3.33. The monoisotopic (exact) mass is 313 g/mol. The smallest absolute Gasteiger partial charge is 0.127 e. The minimum atomic E-state index is -0.123. The molecule has 1 aliphatic rings. The van der Waals surface area contributed by atoms with Crippen LogP contribution in [0.25, 0.3) is 0 Å². The van der Waals surface area contributed by atoms with Crippen LogP contribution in [0, 0.1) is 17.7 Å². The zero-order chi connectivity index (χ0) is 13.1. The van der Waals surface area contributed by atoms with Gasteiger partial charge >= 0.3 is 0 Å². The summed E-state index contributed by atoms with van der Waals surface area (Å²) in [6, 6.07) is 5.64. The van der Waals surface area contributed by atoms with Gasteiger partial charge in [0.15, 0.2) is 0 Å². The van der Waals surface area contributed by atoms with Crippen LogP contribution in [0.3, 0.4) is 0 Å². The standard InChI is InChI=1S/C15H21BrFN/c1-10-4-3-5-15(11(10)2)18-9-12-8-13(16)6-7-14(12)17/h6-8,10-11,15,18H,3-5,9H2,1-2H3. The van der Waals surface area contributed by atoms with Crippen molar-refractivity contribution in [1.82, 2.24) is 5.32 Å². The maximum Gasteiger partial charge on any atom is 0.127 e. The second-order valence-corrected chi connectivity index (χ2v) is 6.41. The van der Waals surface area contributed by atoms with E-state index in [-0.39, 0.29) is 5.82 Å². The van der Waals surface area contributed by atoms with Gasteiger partial charge < -0.3 is 5.32 Å². The van der Waals surface area contributed by atoms with Crippen LogP contribution < -0.4 is 5.32 Å². The Morgan fingerprint density at radius 2 is 2.11 bits per heavy atom. The summed E-state index contributed by atoms with van der Waals surface area (Å²) < 4.78 is 14.6. The molecule has 1 nitrogen and oxygen atoms in total. The first-order chi connectivity index (χ1) is 8.58. The number of benzene rings is 1. The van der Waals surface area contributed by atoms with Gasteiger partial charge in [-0.1, -0.05) is 42.6 Å². The lowest BCUT2D eigenvalue weighted by Crippen LogP contribution is -2.40. The highest BCUT2D eigenvalue weighted by Crippen LogP contribution is 2.29. The van der Waals surface area contributed by atoms with Crippen LogP contribution in [0.4, 0.5) is 4.39 Å². The lowest BCUT2D eigenvalue weighted by molar-refractivity contribution is 0.205. The van der Waals surface area contributed by atoms with Crippen molar-refractivity contribution in [2.75, 3.05) is 0 Å². The quantitative estimate of drug-likeness (QED) is 0.866. The normalized spacial score (nSPS) is 28.3. The van der Waals surface area contributed by atoms with E-state index in [1.165, 1.54) is 25.3 Å². The molecule has 0 radical (unpaired) electrons. The molecule has 1 aliphatic carbocycles. The summed E-state index contributed by atoms with van der Waals surface area (Å²) >= 11 is 3.39. The van der Waals surface area contributed by atoms with E-state index >= 15 is 0 Å². The predicted octanol–water partition coefficient (Wildman–Crippen LogP) is 4.50. The minimum absolute atomic E-state index is 0.123. The Balaban J connectivity index is 1.96. The van der Waals surface area contributed by atoms with E-state index < -0.39 is 0 Å². The van der Waals surface area contributed by atoms with Gasteiger partial charge in [-0.2, -0.15) is 0 Å². The van der Waals surface area contributed by atoms with Crippen LogP contribution in [-0.4, -0.2) is 6.04 Å². The Kier molecular flexibility index (Phi) is 4.79. The van der Waals surface area contributed by atoms with Crippen molar-refractivity contribution in [3.63, 3.8) is 0 Å². The van der Waals surface area contributed by atoms with E-state index in [4.69, 9.17) is 0 Å². The molecular formula is C15H21BrFN. The Morgan fingerprint density at radius 1 is 1.33 bits per heavy atom.